The van der Waals surface area contributed by atoms with Gasteiger partial charge in [-0.2, -0.15) is 0 Å². The fraction of sp³-hybridized carbons (Fsp3) is 0.897. The predicted octanol–water partition coefficient (Wildman–Crippen LogP) is 7.50. The second-order valence-corrected chi connectivity index (χ2v) is 13.6. The molecule has 34 heavy (non-hydrogen) atoms. The second kappa shape index (κ2) is 13.9. The van der Waals surface area contributed by atoms with Crippen molar-refractivity contribution in [3.8, 4) is 0 Å². The number of nitrogens with zero attached hydrogens (tertiary/aromatic N) is 1. The lowest BCUT2D eigenvalue weighted by Gasteiger charge is -2.33. The van der Waals surface area contributed by atoms with Gasteiger partial charge in [0.1, 0.15) is 11.5 Å². The monoisotopic (exact) mass is 481 g/mol. The molecule has 1 saturated carbocycles. The number of ether oxygens (including phenoxy) is 1. The van der Waals surface area contributed by atoms with Gasteiger partial charge in [-0.15, -0.1) is 0 Å². The first kappa shape index (κ1) is 31.0. The van der Waals surface area contributed by atoms with Crippen molar-refractivity contribution in [1.29, 1.82) is 0 Å². The van der Waals surface area contributed by atoms with E-state index < -0.39 is 5.82 Å². The van der Waals surface area contributed by atoms with Crippen molar-refractivity contribution in [2.45, 2.75) is 114 Å². The lowest BCUT2D eigenvalue weighted by molar-refractivity contribution is 0.0333. The van der Waals surface area contributed by atoms with Gasteiger partial charge in [-0.25, -0.2) is 4.79 Å². The predicted molar refractivity (Wildman–Crippen MR) is 143 cm³/mol. The Hall–Kier alpha value is -1.07. The van der Waals surface area contributed by atoms with Crippen LogP contribution in [0, 0.1) is 29.1 Å². The van der Waals surface area contributed by atoms with Gasteiger partial charge >= 0.3 is 5.82 Å². The molecule has 5 heteroatoms. The zero-order valence-electron chi connectivity index (χ0n) is 24.1. The van der Waals surface area contributed by atoms with Crippen LogP contribution in [0.15, 0.2) is 13.6 Å². The summed E-state index contributed by atoms with van der Waals surface area (Å²) in [5.41, 5.74) is 1.16. The lowest BCUT2D eigenvalue weighted by Crippen LogP contribution is -2.37. The van der Waals surface area contributed by atoms with E-state index in [0.29, 0.717) is 22.4 Å². The van der Waals surface area contributed by atoms with Gasteiger partial charge in [-0.05, 0) is 54.9 Å². The van der Waals surface area contributed by atoms with E-state index >= 15 is 0 Å². The van der Waals surface area contributed by atoms with Gasteiger partial charge in [-0.1, -0.05) is 81.6 Å². The fourth-order valence-electron chi connectivity index (χ4n) is 4.30. The summed E-state index contributed by atoms with van der Waals surface area (Å²) < 4.78 is 14.9. The Kier molecular flexibility index (Phi) is 12.6. The van der Waals surface area contributed by atoms with Gasteiger partial charge in [0.2, 0.25) is 0 Å². The Labute approximate surface area is 210 Å². The molecule has 2 aliphatic rings. The maximum absolute atomic E-state index is 10.7. The minimum absolute atomic E-state index is 0.116. The summed E-state index contributed by atoms with van der Waals surface area (Å²) in [6.07, 6.45) is 9.39. The summed E-state index contributed by atoms with van der Waals surface area (Å²) >= 11 is 0. The van der Waals surface area contributed by atoms with Crippen LogP contribution in [0.25, 0.3) is 0 Å². The minimum atomic E-state index is -0.605. The number of rotatable bonds is 3. The Balaban J connectivity index is 0.000000256. The molecule has 5 nitrogen and oxygen atoms in total. The van der Waals surface area contributed by atoms with Gasteiger partial charge in [0, 0.05) is 19.5 Å². The van der Waals surface area contributed by atoms with Gasteiger partial charge in [0.15, 0.2) is 0 Å². The molecule has 2 heterocycles. The molecule has 200 valence electrons. The first-order valence-electron chi connectivity index (χ1n) is 13.5. The Morgan fingerprint density at radius 3 is 1.76 bits per heavy atom. The lowest BCUT2D eigenvalue weighted by atomic mass is 9.72. The van der Waals surface area contributed by atoms with Gasteiger partial charge in [-0.3, -0.25) is 4.90 Å². The Morgan fingerprint density at radius 1 is 0.824 bits per heavy atom. The third-order valence-electron chi connectivity index (χ3n) is 6.64. The first-order chi connectivity index (χ1) is 15.6. The topological polar surface area (TPSA) is 55.8 Å². The average Bonchev–Trinajstić information content (AvgIpc) is 3.03. The van der Waals surface area contributed by atoms with Crippen LogP contribution in [-0.2, 0) is 11.2 Å². The quantitative estimate of drug-likeness (QED) is 0.447. The van der Waals surface area contributed by atoms with Gasteiger partial charge < -0.3 is 13.6 Å². The summed E-state index contributed by atoms with van der Waals surface area (Å²) in [6.45, 7) is 27.3. The second-order valence-electron chi connectivity index (χ2n) is 13.6. The summed E-state index contributed by atoms with van der Waals surface area (Å²) in [6, 6.07) is 0. The third-order valence-corrected chi connectivity index (χ3v) is 6.64. The van der Waals surface area contributed by atoms with Crippen LogP contribution < -0.4 is 5.82 Å². The van der Waals surface area contributed by atoms with Gasteiger partial charge in [0.05, 0.1) is 13.2 Å². The SMILES string of the molecule is CC(C)(C)C1CCCCC1.CC(C)(C)CCN1CCOCC1.Cc1oc(=O)oc1CC(C)(C)C. The average molecular weight is 482 g/mol. The summed E-state index contributed by atoms with van der Waals surface area (Å²) in [7, 11) is 0. The molecule has 1 aromatic rings. The minimum Gasteiger partial charge on any atom is -0.396 e. The molecular formula is C29H55NO4. The number of hydrogen-bond acceptors (Lipinski definition) is 5. The molecule has 0 spiro atoms. The molecule has 0 atom stereocenters. The van der Waals surface area contributed by atoms with E-state index in [1.165, 1.54) is 45.1 Å². The molecule has 0 unspecified atom stereocenters. The van der Waals surface area contributed by atoms with Crippen LogP contribution in [0.3, 0.4) is 0 Å². The van der Waals surface area contributed by atoms with Crippen molar-refractivity contribution in [2.24, 2.45) is 22.2 Å². The maximum Gasteiger partial charge on any atom is 0.519 e. The van der Waals surface area contributed by atoms with Crippen LogP contribution in [0.4, 0.5) is 0 Å². The van der Waals surface area contributed by atoms with Crippen molar-refractivity contribution < 1.29 is 13.6 Å². The summed E-state index contributed by atoms with van der Waals surface area (Å²) in [5, 5.41) is 0. The van der Waals surface area contributed by atoms with E-state index in [1.807, 2.05) is 0 Å². The highest BCUT2D eigenvalue weighted by molar-refractivity contribution is 5.02. The maximum atomic E-state index is 10.7. The van der Waals surface area contributed by atoms with E-state index in [-0.39, 0.29) is 5.41 Å². The van der Waals surface area contributed by atoms with E-state index in [2.05, 4.69) is 67.2 Å². The molecular weight excluding hydrogens is 426 g/mol. The number of aryl methyl sites for hydroxylation is 1. The van der Waals surface area contributed by atoms with E-state index in [9.17, 15) is 4.79 Å². The standard InChI is InChI=1S/C10H21NO.C10H20.C9H14O3/c1-10(2,3)4-5-11-6-8-12-9-7-11;1-10(2,3)9-7-5-4-6-8-9;1-6-7(5-9(2,3)4)12-8(10)11-6/h4-9H2,1-3H3;9H,4-8H2,1-3H3;5H2,1-4H3. The molecule has 0 bridgehead atoms. The van der Waals surface area contributed by atoms with Crippen LogP contribution >= 0.6 is 0 Å². The van der Waals surface area contributed by atoms with Gasteiger partial charge in [0.25, 0.3) is 0 Å². The Bertz CT molecular complexity index is 715. The third kappa shape index (κ3) is 14.4. The van der Waals surface area contributed by atoms with Crippen molar-refractivity contribution >= 4 is 0 Å². The molecule has 0 N–H and O–H groups in total. The van der Waals surface area contributed by atoms with Crippen LogP contribution in [0.2, 0.25) is 0 Å². The highest BCUT2D eigenvalue weighted by atomic mass is 16.6. The first-order valence-corrected chi connectivity index (χ1v) is 13.5. The largest absolute Gasteiger partial charge is 0.519 e. The molecule has 1 aliphatic carbocycles. The van der Waals surface area contributed by atoms with Crippen LogP contribution in [-0.4, -0.2) is 37.7 Å². The normalized spacial score (nSPS) is 18.5. The molecule has 0 radical (unpaired) electrons. The smallest absolute Gasteiger partial charge is 0.396 e. The number of hydrogen-bond donors (Lipinski definition) is 0. The molecule has 0 amide bonds. The van der Waals surface area contributed by atoms with E-state index in [4.69, 9.17) is 13.6 Å². The van der Waals surface area contributed by atoms with Crippen molar-refractivity contribution in [3.63, 3.8) is 0 Å². The van der Waals surface area contributed by atoms with Crippen molar-refractivity contribution in [2.75, 3.05) is 32.8 Å². The van der Waals surface area contributed by atoms with Crippen molar-refractivity contribution in [1.82, 2.24) is 4.90 Å². The van der Waals surface area contributed by atoms with E-state index in [1.54, 1.807) is 6.92 Å². The van der Waals surface area contributed by atoms with E-state index in [0.717, 1.165) is 38.6 Å². The molecule has 0 aromatic carbocycles. The number of morpholine rings is 1. The summed E-state index contributed by atoms with van der Waals surface area (Å²) in [5.74, 6) is 1.65. The van der Waals surface area contributed by atoms with Crippen LogP contribution in [0.5, 0.6) is 0 Å². The highest BCUT2D eigenvalue weighted by Crippen LogP contribution is 2.37. The van der Waals surface area contributed by atoms with Crippen molar-refractivity contribution in [3.05, 3.63) is 22.1 Å². The zero-order valence-corrected chi connectivity index (χ0v) is 24.1. The van der Waals surface area contributed by atoms with Crippen LogP contribution in [0.1, 0.15) is 112 Å². The zero-order chi connectivity index (χ0) is 26.0. The molecule has 1 aliphatic heterocycles. The molecule has 2 fully saturated rings. The summed E-state index contributed by atoms with van der Waals surface area (Å²) in [4.78, 5) is 13.2. The highest BCUT2D eigenvalue weighted by Gasteiger charge is 2.25. The fourth-order valence-corrected chi connectivity index (χ4v) is 4.30. The molecule has 3 rings (SSSR count). The Morgan fingerprint density at radius 2 is 1.38 bits per heavy atom. The molecule has 1 aromatic heterocycles. The molecule has 1 saturated heterocycles.